The van der Waals surface area contributed by atoms with Gasteiger partial charge in [-0.05, 0) is 66.7 Å². The van der Waals surface area contributed by atoms with Gasteiger partial charge in [-0.15, -0.1) is 11.3 Å². The number of hydrogen-bond donors (Lipinski definition) is 1. The molecule has 2 aromatic heterocycles. The number of ketones is 1. The summed E-state index contributed by atoms with van der Waals surface area (Å²) in [7, 11) is 0. The number of carboxylic acids is 1. The normalized spacial score (nSPS) is 21.8. The third-order valence-electron chi connectivity index (χ3n) is 8.72. The number of benzene rings is 1. The average molecular weight is 521 g/mol. The van der Waals surface area contributed by atoms with Crippen LogP contribution in [0.2, 0.25) is 0 Å². The molecule has 0 aliphatic heterocycles. The Bertz CT molecular complexity index is 1210. The van der Waals surface area contributed by atoms with Crippen molar-refractivity contribution in [1.29, 1.82) is 0 Å². The van der Waals surface area contributed by atoms with Crippen LogP contribution in [-0.2, 0) is 11.2 Å². The second-order valence-corrected chi connectivity index (χ2v) is 12.5. The van der Waals surface area contributed by atoms with Gasteiger partial charge < -0.3 is 9.67 Å². The van der Waals surface area contributed by atoms with Crippen molar-refractivity contribution in [3.8, 4) is 0 Å². The molecule has 2 heterocycles. The smallest absolute Gasteiger partial charge is 0.303 e. The van der Waals surface area contributed by atoms with Gasteiger partial charge in [0.25, 0.3) is 0 Å². The fourth-order valence-corrected chi connectivity index (χ4v) is 7.53. The highest BCUT2D eigenvalue weighted by Crippen LogP contribution is 2.38. The number of Topliss-reactive ketones (excluding diaryl/α,β-unsaturated/α-hetero) is 1. The van der Waals surface area contributed by atoms with Gasteiger partial charge in [0.05, 0.1) is 11.0 Å². The Morgan fingerprint density at radius 3 is 2.57 bits per heavy atom. The number of nitrogens with zero attached hydrogens (tertiary/aromatic N) is 2. The summed E-state index contributed by atoms with van der Waals surface area (Å²) < 4.78 is 2.46. The molecule has 37 heavy (non-hydrogen) atoms. The van der Waals surface area contributed by atoms with E-state index in [1.54, 1.807) is 11.3 Å². The van der Waals surface area contributed by atoms with Gasteiger partial charge in [0, 0.05) is 35.7 Å². The zero-order chi connectivity index (χ0) is 25.8. The Morgan fingerprint density at radius 1 is 1.05 bits per heavy atom. The summed E-state index contributed by atoms with van der Waals surface area (Å²) in [6, 6.07) is 10.7. The highest BCUT2D eigenvalue weighted by molar-refractivity contribution is 7.09. The van der Waals surface area contributed by atoms with E-state index in [-0.39, 0.29) is 18.1 Å². The van der Waals surface area contributed by atoms with E-state index in [2.05, 4.69) is 35.1 Å². The minimum Gasteiger partial charge on any atom is -0.481 e. The van der Waals surface area contributed by atoms with Crippen LogP contribution in [0.25, 0.3) is 11.0 Å². The van der Waals surface area contributed by atoms with E-state index in [9.17, 15) is 14.7 Å². The first-order chi connectivity index (χ1) is 18.0. The number of thiophene rings is 1. The van der Waals surface area contributed by atoms with E-state index < -0.39 is 5.97 Å². The van der Waals surface area contributed by atoms with E-state index >= 15 is 0 Å². The number of carbonyl (C=O) groups is 2. The maximum Gasteiger partial charge on any atom is 0.303 e. The third-order valence-corrected chi connectivity index (χ3v) is 9.60. The molecular weight excluding hydrogens is 480 g/mol. The van der Waals surface area contributed by atoms with Crippen molar-refractivity contribution in [1.82, 2.24) is 9.55 Å². The molecule has 5 rings (SSSR count). The lowest BCUT2D eigenvalue weighted by Crippen LogP contribution is -2.23. The molecule has 3 aromatic rings. The van der Waals surface area contributed by atoms with Crippen molar-refractivity contribution in [2.75, 3.05) is 0 Å². The van der Waals surface area contributed by atoms with Gasteiger partial charge in [-0.2, -0.15) is 0 Å². The number of imidazole rings is 1. The summed E-state index contributed by atoms with van der Waals surface area (Å²) in [5.74, 6) is 1.39. The fraction of sp³-hybridized carbons (Fsp3) is 0.581. The van der Waals surface area contributed by atoms with Crippen molar-refractivity contribution >= 4 is 34.1 Å². The summed E-state index contributed by atoms with van der Waals surface area (Å²) in [4.78, 5) is 31.4. The van der Waals surface area contributed by atoms with Gasteiger partial charge in [-0.1, -0.05) is 57.9 Å². The highest BCUT2D eigenvalue weighted by Gasteiger charge is 2.28. The lowest BCUT2D eigenvalue weighted by atomic mass is 9.80. The first-order valence-corrected chi connectivity index (χ1v) is 15.1. The summed E-state index contributed by atoms with van der Waals surface area (Å²) in [6.07, 6.45) is 13.0. The number of fused-ring (bicyclic) bond motifs is 1. The van der Waals surface area contributed by atoms with Gasteiger partial charge in [0.2, 0.25) is 0 Å². The number of aromatic nitrogens is 2. The lowest BCUT2D eigenvalue weighted by Gasteiger charge is -2.31. The Labute approximate surface area is 224 Å². The van der Waals surface area contributed by atoms with Crippen molar-refractivity contribution in [3.05, 3.63) is 52.0 Å². The minimum atomic E-state index is -0.803. The van der Waals surface area contributed by atoms with E-state index in [0.717, 1.165) is 29.7 Å². The molecule has 2 aliphatic carbocycles. The van der Waals surface area contributed by atoms with Crippen LogP contribution >= 0.6 is 11.3 Å². The monoisotopic (exact) mass is 520 g/mol. The Morgan fingerprint density at radius 2 is 1.84 bits per heavy atom. The van der Waals surface area contributed by atoms with E-state index in [1.807, 2.05) is 12.1 Å². The minimum absolute atomic E-state index is 0.0457. The maximum atomic E-state index is 13.4. The number of rotatable bonds is 10. The van der Waals surface area contributed by atoms with E-state index in [0.29, 0.717) is 29.9 Å². The second-order valence-electron chi connectivity index (χ2n) is 11.5. The lowest BCUT2D eigenvalue weighted by molar-refractivity contribution is -0.138. The average Bonchev–Trinajstić information content (AvgIpc) is 3.52. The van der Waals surface area contributed by atoms with Crippen LogP contribution < -0.4 is 0 Å². The molecule has 2 aliphatic rings. The zero-order valence-electron chi connectivity index (χ0n) is 22.0. The quantitative estimate of drug-likeness (QED) is 0.274. The Kier molecular flexibility index (Phi) is 8.43. The van der Waals surface area contributed by atoms with E-state index in [1.165, 1.54) is 62.7 Å². The molecule has 2 fully saturated rings. The molecule has 0 radical (unpaired) electrons. The molecule has 1 N–H and O–H groups in total. The second kappa shape index (κ2) is 11.9. The van der Waals surface area contributed by atoms with Crippen LogP contribution in [0.5, 0.6) is 0 Å². The summed E-state index contributed by atoms with van der Waals surface area (Å²) in [6.45, 7) is 2.36. The zero-order valence-corrected chi connectivity index (χ0v) is 22.8. The molecule has 198 valence electrons. The van der Waals surface area contributed by atoms with Crippen LogP contribution in [0, 0.1) is 17.8 Å². The highest BCUT2D eigenvalue weighted by atomic mass is 32.1. The van der Waals surface area contributed by atoms with Gasteiger partial charge in [0.1, 0.15) is 5.82 Å². The largest absolute Gasteiger partial charge is 0.481 e. The predicted octanol–water partition coefficient (Wildman–Crippen LogP) is 8.07. The summed E-state index contributed by atoms with van der Waals surface area (Å²) in [5.41, 5.74) is 2.67. The molecule has 6 heteroatoms. The molecule has 1 aromatic carbocycles. The van der Waals surface area contributed by atoms with Gasteiger partial charge in [-0.3, -0.25) is 9.59 Å². The number of carbonyl (C=O) groups excluding carboxylic acids is 1. The van der Waals surface area contributed by atoms with Crippen molar-refractivity contribution in [2.45, 2.75) is 96.4 Å². The van der Waals surface area contributed by atoms with Crippen LogP contribution in [0.4, 0.5) is 0 Å². The van der Waals surface area contributed by atoms with Crippen LogP contribution in [0.3, 0.4) is 0 Å². The third kappa shape index (κ3) is 6.34. The molecule has 2 saturated carbocycles. The Balaban J connectivity index is 1.41. The van der Waals surface area contributed by atoms with Crippen molar-refractivity contribution in [3.63, 3.8) is 0 Å². The maximum absolute atomic E-state index is 13.4. The number of hydrogen-bond acceptors (Lipinski definition) is 4. The molecule has 0 spiro atoms. The van der Waals surface area contributed by atoms with Crippen LogP contribution in [-0.4, -0.2) is 26.4 Å². The predicted molar refractivity (Wildman–Crippen MR) is 149 cm³/mol. The topological polar surface area (TPSA) is 72.2 Å². The van der Waals surface area contributed by atoms with Crippen LogP contribution in [0.1, 0.15) is 111 Å². The van der Waals surface area contributed by atoms with E-state index in [4.69, 9.17) is 4.98 Å². The summed E-state index contributed by atoms with van der Waals surface area (Å²) >= 11 is 1.76. The first-order valence-electron chi connectivity index (χ1n) is 14.3. The summed E-state index contributed by atoms with van der Waals surface area (Å²) in [5, 5.41) is 11.6. The molecule has 3 atom stereocenters. The molecule has 5 nitrogen and oxygen atoms in total. The van der Waals surface area contributed by atoms with Crippen LogP contribution in [0.15, 0.2) is 35.7 Å². The molecular formula is C31H40N2O3S. The van der Waals surface area contributed by atoms with Gasteiger partial charge >= 0.3 is 5.97 Å². The number of carboxylic acid groups (broad SMARTS) is 1. The molecule has 1 unspecified atom stereocenters. The first kappa shape index (κ1) is 26.1. The molecule has 0 saturated heterocycles. The Hall–Kier alpha value is -2.47. The van der Waals surface area contributed by atoms with Gasteiger partial charge in [0.15, 0.2) is 5.78 Å². The van der Waals surface area contributed by atoms with Crippen molar-refractivity contribution in [2.24, 2.45) is 17.8 Å². The van der Waals surface area contributed by atoms with Crippen molar-refractivity contribution < 1.29 is 14.7 Å². The standard InChI is InChI=1S/C31H40N2O3S/c1-21-8-5-6-12-27(21)33-28-14-13-24(19-26(28)32-30(33)20-25-11-7-15-37-25)29(34)17-23(18-31(35)36)16-22-9-3-2-4-10-22/h7,11,13-15,19,21-23,27H,2-6,8-10,12,16-18,20H2,1H3,(H,35,36)/t21-,23?,27-/m1/s1. The van der Waals surface area contributed by atoms with Gasteiger partial charge in [-0.25, -0.2) is 4.98 Å². The fourth-order valence-electron chi connectivity index (χ4n) is 6.83. The molecule has 0 amide bonds. The molecule has 0 bridgehead atoms. The SMILES string of the molecule is C[C@@H]1CCCC[C@H]1n1c(Cc2cccs2)nc2cc(C(=O)CC(CC(=O)O)CC3CCCCC3)ccc21. The number of aliphatic carboxylic acids is 1.